The number of benzene rings is 1. The maximum atomic E-state index is 14.2. The Hall–Kier alpha value is -2.20. The van der Waals surface area contributed by atoms with Gasteiger partial charge in [0.15, 0.2) is 11.6 Å². The van der Waals surface area contributed by atoms with Gasteiger partial charge in [0.1, 0.15) is 5.69 Å². The SMILES string of the molecule is CC(C)NC(=O)CN1CCCN(c2c(F)cc(C#N)cc2F)CC1. The third-order valence-corrected chi connectivity index (χ3v) is 3.87. The normalized spacial score (nSPS) is 15.9. The van der Waals surface area contributed by atoms with E-state index in [0.29, 0.717) is 32.6 Å². The van der Waals surface area contributed by atoms with Crippen LogP contribution in [0.4, 0.5) is 14.5 Å². The molecule has 0 aromatic heterocycles. The maximum Gasteiger partial charge on any atom is 0.234 e. The zero-order valence-corrected chi connectivity index (χ0v) is 14.0. The van der Waals surface area contributed by atoms with E-state index in [1.807, 2.05) is 18.7 Å². The minimum atomic E-state index is -0.724. The van der Waals surface area contributed by atoms with E-state index in [0.717, 1.165) is 12.1 Å². The average molecular weight is 336 g/mol. The van der Waals surface area contributed by atoms with E-state index >= 15 is 0 Å². The van der Waals surface area contributed by atoms with Crippen molar-refractivity contribution >= 4 is 11.6 Å². The van der Waals surface area contributed by atoms with Crippen LogP contribution in [0.3, 0.4) is 0 Å². The monoisotopic (exact) mass is 336 g/mol. The van der Waals surface area contributed by atoms with Crippen molar-refractivity contribution in [2.75, 3.05) is 37.6 Å². The van der Waals surface area contributed by atoms with E-state index in [9.17, 15) is 13.6 Å². The van der Waals surface area contributed by atoms with E-state index in [1.54, 1.807) is 11.0 Å². The Balaban J connectivity index is 2.04. The van der Waals surface area contributed by atoms with Crippen LogP contribution in [-0.4, -0.2) is 49.6 Å². The average Bonchev–Trinajstić information content (AvgIpc) is 2.71. The van der Waals surface area contributed by atoms with Crippen molar-refractivity contribution in [3.8, 4) is 6.07 Å². The number of carbonyl (C=O) groups is 1. The van der Waals surface area contributed by atoms with Crippen molar-refractivity contribution in [2.24, 2.45) is 0 Å². The molecule has 1 aliphatic heterocycles. The van der Waals surface area contributed by atoms with Crippen LogP contribution in [0.2, 0.25) is 0 Å². The topological polar surface area (TPSA) is 59.4 Å². The quantitative estimate of drug-likeness (QED) is 0.912. The molecule has 130 valence electrons. The van der Waals surface area contributed by atoms with Crippen molar-refractivity contribution in [1.29, 1.82) is 5.26 Å². The number of nitrogens with zero attached hydrogens (tertiary/aromatic N) is 3. The molecule has 1 heterocycles. The van der Waals surface area contributed by atoms with E-state index < -0.39 is 11.6 Å². The summed E-state index contributed by atoms with van der Waals surface area (Å²) in [7, 11) is 0. The summed E-state index contributed by atoms with van der Waals surface area (Å²) in [6, 6.07) is 3.94. The molecule has 0 bridgehead atoms. The van der Waals surface area contributed by atoms with Crippen molar-refractivity contribution < 1.29 is 13.6 Å². The smallest absolute Gasteiger partial charge is 0.234 e. The number of rotatable bonds is 4. The summed E-state index contributed by atoms with van der Waals surface area (Å²) in [5.74, 6) is -1.50. The second-order valence-corrected chi connectivity index (χ2v) is 6.24. The van der Waals surface area contributed by atoms with E-state index in [1.165, 1.54) is 0 Å². The third-order valence-electron chi connectivity index (χ3n) is 3.87. The van der Waals surface area contributed by atoms with Gasteiger partial charge in [0, 0.05) is 32.2 Å². The number of nitrogens with one attached hydrogen (secondary N) is 1. The lowest BCUT2D eigenvalue weighted by Gasteiger charge is -2.24. The fourth-order valence-electron chi connectivity index (χ4n) is 2.86. The molecule has 0 aliphatic carbocycles. The summed E-state index contributed by atoms with van der Waals surface area (Å²) in [5, 5.41) is 11.6. The molecule has 0 radical (unpaired) electrons. The minimum absolute atomic E-state index is 0.0319. The van der Waals surface area contributed by atoms with Gasteiger partial charge in [-0.1, -0.05) is 0 Å². The van der Waals surface area contributed by atoms with Crippen LogP contribution >= 0.6 is 0 Å². The number of nitriles is 1. The highest BCUT2D eigenvalue weighted by molar-refractivity contribution is 5.78. The molecule has 0 saturated carbocycles. The van der Waals surface area contributed by atoms with Crippen LogP contribution in [0.1, 0.15) is 25.8 Å². The predicted molar refractivity (Wildman–Crippen MR) is 87.6 cm³/mol. The Kier molecular flexibility index (Phi) is 6.10. The highest BCUT2D eigenvalue weighted by atomic mass is 19.1. The number of carbonyl (C=O) groups excluding carboxylic acids is 1. The van der Waals surface area contributed by atoms with Gasteiger partial charge in [-0.25, -0.2) is 8.78 Å². The summed E-state index contributed by atoms with van der Waals surface area (Å²) in [6.45, 7) is 6.25. The van der Waals surface area contributed by atoms with Crippen LogP contribution in [0.5, 0.6) is 0 Å². The number of amides is 1. The molecule has 1 aliphatic rings. The lowest BCUT2D eigenvalue weighted by Crippen LogP contribution is -2.41. The van der Waals surface area contributed by atoms with Crippen molar-refractivity contribution in [3.05, 3.63) is 29.3 Å². The molecule has 7 heteroatoms. The molecule has 1 N–H and O–H groups in total. The summed E-state index contributed by atoms with van der Waals surface area (Å²) in [6.07, 6.45) is 0.702. The number of halogens is 2. The molecule has 1 amide bonds. The Morgan fingerprint density at radius 1 is 1.25 bits per heavy atom. The fourth-order valence-corrected chi connectivity index (χ4v) is 2.86. The lowest BCUT2D eigenvalue weighted by molar-refractivity contribution is -0.122. The molecule has 1 saturated heterocycles. The van der Waals surface area contributed by atoms with Gasteiger partial charge in [-0.05, 0) is 32.4 Å². The lowest BCUT2D eigenvalue weighted by atomic mass is 10.2. The second-order valence-electron chi connectivity index (χ2n) is 6.24. The Bertz CT molecular complexity index is 619. The van der Waals surface area contributed by atoms with E-state index in [4.69, 9.17) is 5.26 Å². The first-order valence-electron chi connectivity index (χ1n) is 8.06. The molecule has 0 unspecified atom stereocenters. The predicted octanol–water partition coefficient (Wildman–Crippen LogP) is 1.87. The molecule has 0 spiro atoms. The highest BCUT2D eigenvalue weighted by Gasteiger charge is 2.22. The number of anilines is 1. The zero-order valence-electron chi connectivity index (χ0n) is 14.0. The second kappa shape index (κ2) is 8.06. The number of hydrogen-bond acceptors (Lipinski definition) is 4. The molecule has 2 rings (SSSR count). The molecule has 0 atom stereocenters. The molecule has 1 aromatic carbocycles. The van der Waals surface area contributed by atoms with Crippen LogP contribution in [0.15, 0.2) is 12.1 Å². The Morgan fingerprint density at radius 3 is 2.50 bits per heavy atom. The standard InChI is InChI=1S/C17H22F2N4O/c1-12(2)21-16(24)11-22-4-3-5-23(7-6-22)17-14(18)8-13(10-20)9-15(17)19/h8-9,12H,3-7,11H2,1-2H3,(H,21,24). The van der Waals surface area contributed by atoms with E-state index in [-0.39, 0.29) is 29.7 Å². The Labute approximate surface area is 140 Å². The fraction of sp³-hybridized carbons (Fsp3) is 0.529. The summed E-state index contributed by atoms with van der Waals surface area (Å²) in [5.41, 5.74) is -0.127. The first-order valence-corrected chi connectivity index (χ1v) is 8.06. The first kappa shape index (κ1) is 18.1. The largest absolute Gasteiger partial charge is 0.365 e. The van der Waals surface area contributed by atoms with Crippen molar-refractivity contribution in [2.45, 2.75) is 26.3 Å². The van der Waals surface area contributed by atoms with Gasteiger partial charge in [0.25, 0.3) is 0 Å². The maximum absolute atomic E-state index is 14.2. The van der Waals surface area contributed by atoms with Gasteiger partial charge in [-0.15, -0.1) is 0 Å². The molecule has 1 aromatic rings. The first-order chi connectivity index (χ1) is 11.4. The molecular weight excluding hydrogens is 314 g/mol. The summed E-state index contributed by atoms with van der Waals surface area (Å²) in [4.78, 5) is 15.5. The van der Waals surface area contributed by atoms with Crippen molar-refractivity contribution in [3.63, 3.8) is 0 Å². The van der Waals surface area contributed by atoms with Crippen LogP contribution in [0, 0.1) is 23.0 Å². The van der Waals surface area contributed by atoms with Crippen molar-refractivity contribution in [1.82, 2.24) is 10.2 Å². The molecular formula is C17H22F2N4O. The van der Waals surface area contributed by atoms with E-state index in [2.05, 4.69) is 5.32 Å². The van der Waals surface area contributed by atoms with Gasteiger partial charge < -0.3 is 10.2 Å². The zero-order chi connectivity index (χ0) is 17.7. The van der Waals surface area contributed by atoms with Gasteiger partial charge in [0.05, 0.1) is 18.2 Å². The molecule has 1 fully saturated rings. The third kappa shape index (κ3) is 4.65. The number of hydrogen-bond donors (Lipinski definition) is 1. The Morgan fingerprint density at radius 2 is 1.92 bits per heavy atom. The van der Waals surface area contributed by atoms with Gasteiger partial charge in [0.2, 0.25) is 5.91 Å². The van der Waals surface area contributed by atoms with Crippen LogP contribution < -0.4 is 10.2 Å². The van der Waals surface area contributed by atoms with Crippen LogP contribution in [-0.2, 0) is 4.79 Å². The molecule has 5 nitrogen and oxygen atoms in total. The van der Waals surface area contributed by atoms with Gasteiger partial charge in [-0.3, -0.25) is 9.69 Å². The minimum Gasteiger partial charge on any atom is -0.365 e. The highest BCUT2D eigenvalue weighted by Crippen LogP contribution is 2.26. The summed E-state index contributed by atoms with van der Waals surface area (Å²) < 4.78 is 28.3. The van der Waals surface area contributed by atoms with Crippen LogP contribution in [0.25, 0.3) is 0 Å². The van der Waals surface area contributed by atoms with Gasteiger partial charge >= 0.3 is 0 Å². The van der Waals surface area contributed by atoms with Gasteiger partial charge in [-0.2, -0.15) is 5.26 Å². The summed E-state index contributed by atoms with van der Waals surface area (Å²) >= 11 is 0. The molecule has 24 heavy (non-hydrogen) atoms.